The van der Waals surface area contributed by atoms with Crippen LogP contribution in [-0.2, 0) is 0 Å². The maximum absolute atomic E-state index is 13.0. The summed E-state index contributed by atoms with van der Waals surface area (Å²) >= 11 is 3.07. The summed E-state index contributed by atoms with van der Waals surface area (Å²) in [6.07, 6.45) is 0.716. The number of rotatable bonds is 3. The molecule has 0 heterocycles. The summed E-state index contributed by atoms with van der Waals surface area (Å²) in [7, 11) is 0. The maximum Gasteiger partial charge on any atom is 0.153 e. The van der Waals surface area contributed by atoms with Crippen molar-refractivity contribution in [1.82, 2.24) is 0 Å². The van der Waals surface area contributed by atoms with E-state index in [4.69, 9.17) is 4.74 Å². The predicted octanol–water partition coefficient (Wildman–Crippen LogP) is 4.19. The van der Waals surface area contributed by atoms with Crippen molar-refractivity contribution in [2.45, 2.75) is 0 Å². The Bertz CT molecular complexity index is 555. The first-order chi connectivity index (χ1) is 8.20. The first kappa shape index (κ1) is 11.8. The van der Waals surface area contributed by atoms with Crippen LogP contribution in [0.2, 0.25) is 0 Å². The fourth-order valence-corrected chi connectivity index (χ4v) is 1.70. The minimum Gasteiger partial charge on any atom is -0.457 e. The lowest BCUT2D eigenvalue weighted by molar-refractivity contribution is 0.112. The molecule has 0 unspecified atom stereocenters. The molecule has 0 aliphatic carbocycles. The third-order valence-electron chi connectivity index (χ3n) is 2.16. The smallest absolute Gasteiger partial charge is 0.153 e. The first-order valence-corrected chi connectivity index (χ1v) is 5.67. The standard InChI is InChI=1S/C13H8BrFO2/c14-11-7-10(5-6-12(11)15)17-13-4-2-1-3-9(13)8-16/h1-8H. The van der Waals surface area contributed by atoms with Gasteiger partial charge in [-0.05, 0) is 46.3 Å². The van der Waals surface area contributed by atoms with E-state index in [1.807, 2.05) is 0 Å². The minimum absolute atomic E-state index is 0.318. The molecule has 2 nitrogen and oxygen atoms in total. The van der Waals surface area contributed by atoms with Crippen LogP contribution in [-0.4, -0.2) is 6.29 Å². The first-order valence-electron chi connectivity index (χ1n) is 4.88. The number of hydrogen-bond donors (Lipinski definition) is 0. The Morgan fingerprint density at radius 1 is 1.18 bits per heavy atom. The van der Waals surface area contributed by atoms with Gasteiger partial charge >= 0.3 is 0 Å². The lowest BCUT2D eigenvalue weighted by Crippen LogP contribution is -1.90. The van der Waals surface area contributed by atoms with E-state index in [1.165, 1.54) is 18.2 Å². The molecule has 0 aliphatic heterocycles. The number of hydrogen-bond acceptors (Lipinski definition) is 2. The van der Waals surface area contributed by atoms with Gasteiger partial charge in [-0.15, -0.1) is 0 Å². The summed E-state index contributed by atoms with van der Waals surface area (Å²) in [5, 5.41) is 0. The lowest BCUT2D eigenvalue weighted by atomic mass is 10.2. The predicted molar refractivity (Wildman–Crippen MR) is 66.0 cm³/mol. The lowest BCUT2D eigenvalue weighted by Gasteiger charge is -2.08. The molecule has 0 aromatic heterocycles. The summed E-state index contributed by atoms with van der Waals surface area (Å²) in [5.41, 5.74) is 0.452. The number of para-hydroxylation sites is 1. The number of halogens is 2. The van der Waals surface area contributed by atoms with Crippen LogP contribution in [0.25, 0.3) is 0 Å². The molecule has 0 saturated heterocycles. The molecule has 2 rings (SSSR count). The monoisotopic (exact) mass is 294 g/mol. The van der Waals surface area contributed by atoms with Crippen molar-refractivity contribution in [2.24, 2.45) is 0 Å². The van der Waals surface area contributed by atoms with Crippen LogP contribution in [0.15, 0.2) is 46.9 Å². The highest BCUT2D eigenvalue weighted by Crippen LogP contribution is 2.27. The van der Waals surface area contributed by atoms with E-state index < -0.39 is 0 Å². The summed E-state index contributed by atoms with van der Waals surface area (Å²) < 4.78 is 18.9. The topological polar surface area (TPSA) is 26.3 Å². The number of aldehydes is 1. The van der Waals surface area contributed by atoms with Crippen LogP contribution in [0.1, 0.15) is 10.4 Å². The third-order valence-corrected chi connectivity index (χ3v) is 2.77. The summed E-state index contributed by atoms with van der Waals surface area (Å²) in [6, 6.07) is 11.2. The molecule has 2 aromatic carbocycles. The normalized spacial score (nSPS) is 10.0. The Balaban J connectivity index is 2.31. The molecule has 4 heteroatoms. The summed E-state index contributed by atoms with van der Waals surface area (Å²) in [5.74, 6) is 0.551. The van der Waals surface area contributed by atoms with Gasteiger partial charge in [0, 0.05) is 0 Å². The number of carbonyl (C=O) groups is 1. The van der Waals surface area contributed by atoms with Crippen LogP contribution < -0.4 is 4.74 Å². The second-order valence-electron chi connectivity index (χ2n) is 3.33. The van der Waals surface area contributed by atoms with Crippen molar-refractivity contribution in [3.63, 3.8) is 0 Å². The van der Waals surface area contributed by atoms with E-state index in [9.17, 15) is 9.18 Å². The van der Waals surface area contributed by atoms with Gasteiger partial charge in [0.1, 0.15) is 17.3 Å². The second kappa shape index (κ2) is 5.10. The zero-order chi connectivity index (χ0) is 12.3. The minimum atomic E-state index is -0.360. The average Bonchev–Trinajstić information content (AvgIpc) is 2.34. The number of ether oxygens (including phenoxy) is 1. The van der Waals surface area contributed by atoms with Crippen LogP contribution >= 0.6 is 15.9 Å². The van der Waals surface area contributed by atoms with Gasteiger partial charge in [-0.3, -0.25) is 4.79 Å². The van der Waals surface area contributed by atoms with E-state index >= 15 is 0 Å². The molecule has 0 bridgehead atoms. The highest BCUT2D eigenvalue weighted by molar-refractivity contribution is 9.10. The molecule has 0 spiro atoms. The van der Waals surface area contributed by atoms with Gasteiger partial charge < -0.3 is 4.74 Å². The fraction of sp³-hybridized carbons (Fsp3) is 0. The largest absolute Gasteiger partial charge is 0.457 e. The highest BCUT2D eigenvalue weighted by atomic mass is 79.9. The van der Waals surface area contributed by atoms with Crippen molar-refractivity contribution in [1.29, 1.82) is 0 Å². The van der Waals surface area contributed by atoms with Crippen molar-refractivity contribution in [3.8, 4) is 11.5 Å². The number of benzene rings is 2. The van der Waals surface area contributed by atoms with Gasteiger partial charge in [0.05, 0.1) is 10.0 Å². The Kier molecular flexibility index (Phi) is 3.54. The molecular weight excluding hydrogens is 287 g/mol. The Hall–Kier alpha value is -1.68. The molecular formula is C13H8BrFO2. The average molecular weight is 295 g/mol. The Morgan fingerprint density at radius 2 is 1.94 bits per heavy atom. The van der Waals surface area contributed by atoms with Gasteiger partial charge in [-0.25, -0.2) is 4.39 Å². The molecule has 0 saturated carbocycles. The van der Waals surface area contributed by atoms with Crippen molar-refractivity contribution >= 4 is 22.2 Å². The van der Waals surface area contributed by atoms with Gasteiger partial charge in [-0.2, -0.15) is 0 Å². The van der Waals surface area contributed by atoms with Crippen LogP contribution in [0.4, 0.5) is 4.39 Å². The van der Waals surface area contributed by atoms with Crippen LogP contribution in [0.5, 0.6) is 11.5 Å². The van der Waals surface area contributed by atoms with Crippen molar-refractivity contribution < 1.29 is 13.9 Å². The number of carbonyl (C=O) groups excluding carboxylic acids is 1. The molecule has 0 fully saturated rings. The van der Waals surface area contributed by atoms with Gasteiger partial charge in [0.15, 0.2) is 6.29 Å². The van der Waals surface area contributed by atoms with Crippen molar-refractivity contribution in [2.75, 3.05) is 0 Å². The third kappa shape index (κ3) is 2.71. The van der Waals surface area contributed by atoms with E-state index in [2.05, 4.69) is 15.9 Å². The molecule has 2 aromatic rings. The van der Waals surface area contributed by atoms with Crippen LogP contribution in [0, 0.1) is 5.82 Å². The van der Waals surface area contributed by atoms with E-state index in [-0.39, 0.29) is 5.82 Å². The quantitative estimate of drug-likeness (QED) is 0.793. The SMILES string of the molecule is O=Cc1ccccc1Oc1ccc(F)c(Br)c1. The molecule has 86 valence electrons. The summed E-state index contributed by atoms with van der Waals surface area (Å²) in [6.45, 7) is 0. The summed E-state index contributed by atoms with van der Waals surface area (Å²) in [4.78, 5) is 10.8. The second-order valence-corrected chi connectivity index (χ2v) is 4.19. The van der Waals surface area contributed by atoms with E-state index in [1.54, 1.807) is 24.3 Å². The Morgan fingerprint density at radius 3 is 2.65 bits per heavy atom. The Labute approximate surface area is 106 Å². The van der Waals surface area contributed by atoms with E-state index in [0.29, 0.717) is 27.8 Å². The van der Waals surface area contributed by atoms with Gasteiger partial charge in [0.25, 0.3) is 0 Å². The van der Waals surface area contributed by atoms with Gasteiger partial charge in [0.2, 0.25) is 0 Å². The van der Waals surface area contributed by atoms with E-state index in [0.717, 1.165) is 0 Å². The molecule has 0 radical (unpaired) electrons. The molecule has 0 atom stereocenters. The van der Waals surface area contributed by atoms with Gasteiger partial charge in [-0.1, -0.05) is 12.1 Å². The molecule has 0 N–H and O–H groups in total. The zero-order valence-corrected chi connectivity index (χ0v) is 10.3. The van der Waals surface area contributed by atoms with Crippen LogP contribution in [0.3, 0.4) is 0 Å². The highest BCUT2D eigenvalue weighted by Gasteiger charge is 2.05. The maximum atomic E-state index is 13.0. The zero-order valence-electron chi connectivity index (χ0n) is 8.69. The molecule has 17 heavy (non-hydrogen) atoms. The fourth-order valence-electron chi connectivity index (χ4n) is 1.34. The molecule has 0 amide bonds. The molecule has 0 aliphatic rings. The van der Waals surface area contributed by atoms with Crippen molar-refractivity contribution in [3.05, 3.63) is 58.3 Å².